The molecule has 0 fully saturated rings. The Morgan fingerprint density at radius 3 is 2.42 bits per heavy atom. The molecule has 19 heavy (non-hydrogen) atoms. The normalized spacial score (nSPS) is 13.6. The lowest BCUT2D eigenvalue weighted by Gasteiger charge is -2.18. The molecule has 108 valence electrons. The number of nitrogens with one attached hydrogen (secondary N) is 1. The van der Waals surface area contributed by atoms with Crippen molar-refractivity contribution in [1.82, 2.24) is 0 Å². The van der Waals surface area contributed by atoms with E-state index in [-0.39, 0.29) is 10.8 Å². The lowest BCUT2D eigenvalue weighted by Crippen LogP contribution is -2.25. The van der Waals surface area contributed by atoms with Gasteiger partial charge in [-0.2, -0.15) is 0 Å². The van der Waals surface area contributed by atoms with E-state index in [0.717, 1.165) is 0 Å². The summed E-state index contributed by atoms with van der Waals surface area (Å²) in [6.45, 7) is 5.75. The third-order valence-electron chi connectivity index (χ3n) is 2.96. The van der Waals surface area contributed by atoms with E-state index in [9.17, 15) is 13.5 Å². The first-order valence-electron chi connectivity index (χ1n) is 5.97. The van der Waals surface area contributed by atoms with Crippen LogP contribution in [0, 0.1) is 12.8 Å². The SMILES string of the molecule is Cc1c(NCC(O)C(C)C)cc(N)cc1S(N)(=O)=O. The number of benzene rings is 1. The highest BCUT2D eigenvalue weighted by atomic mass is 32.2. The van der Waals surface area contributed by atoms with E-state index in [1.54, 1.807) is 13.0 Å². The molecule has 0 amide bonds. The highest BCUT2D eigenvalue weighted by Crippen LogP contribution is 2.26. The number of hydrogen-bond donors (Lipinski definition) is 4. The largest absolute Gasteiger partial charge is 0.399 e. The molecule has 1 aromatic rings. The van der Waals surface area contributed by atoms with Gasteiger partial charge in [-0.25, -0.2) is 13.6 Å². The Labute approximate surface area is 113 Å². The predicted octanol–water partition coefficient (Wildman–Crippen LogP) is 0.653. The fourth-order valence-corrected chi connectivity index (χ4v) is 2.48. The van der Waals surface area contributed by atoms with Gasteiger partial charge >= 0.3 is 0 Å². The second kappa shape index (κ2) is 5.77. The average molecular weight is 287 g/mol. The number of sulfonamides is 1. The maximum atomic E-state index is 11.4. The Kier molecular flexibility index (Phi) is 4.78. The van der Waals surface area contributed by atoms with Crippen LogP contribution in [0.4, 0.5) is 11.4 Å². The van der Waals surface area contributed by atoms with Gasteiger partial charge in [-0.1, -0.05) is 13.8 Å². The van der Waals surface area contributed by atoms with Crippen molar-refractivity contribution >= 4 is 21.4 Å². The first-order valence-corrected chi connectivity index (χ1v) is 7.52. The summed E-state index contributed by atoms with van der Waals surface area (Å²) in [7, 11) is -3.82. The Hall–Kier alpha value is -1.31. The summed E-state index contributed by atoms with van der Waals surface area (Å²) in [4.78, 5) is -0.00552. The molecule has 6 nitrogen and oxygen atoms in total. The highest BCUT2D eigenvalue weighted by molar-refractivity contribution is 7.89. The second-order valence-electron chi connectivity index (χ2n) is 4.93. The van der Waals surface area contributed by atoms with Crippen LogP contribution in [-0.2, 0) is 10.0 Å². The molecule has 0 saturated carbocycles. The lowest BCUT2D eigenvalue weighted by molar-refractivity contribution is 0.138. The Morgan fingerprint density at radius 2 is 1.95 bits per heavy atom. The fourth-order valence-electron chi connectivity index (χ4n) is 1.64. The standard InChI is InChI=1S/C12H21N3O3S/c1-7(2)11(16)6-15-10-4-9(13)5-12(8(10)3)19(14,17)18/h4-5,7,11,15-16H,6,13H2,1-3H3,(H2,14,17,18). The summed E-state index contributed by atoms with van der Waals surface area (Å²) >= 11 is 0. The molecule has 1 aromatic carbocycles. The van der Waals surface area contributed by atoms with Crippen molar-refractivity contribution in [2.75, 3.05) is 17.6 Å². The summed E-state index contributed by atoms with van der Waals surface area (Å²) in [6.07, 6.45) is -0.529. The van der Waals surface area contributed by atoms with E-state index in [1.807, 2.05) is 13.8 Å². The van der Waals surface area contributed by atoms with Crippen LogP contribution >= 0.6 is 0 Å². The third-order valence-corrected chi connectivity index (χ3v) is 4.00. The van der Waals surface area contributed by atoms with Gasteiger partial charge in [0.1, 0.15) is 0 Å². The first kappa shape index (κ1) is 15.7. The van der Waals surface area contributed by atoms with Crippen LogP contribution in [0.25, 0.3) is 0 Å². The van der Waals surface area contributed by atoms with Gasteiger partial charge in [0.15, 0.2) is 0 Å². The zero-order chi connectivity index (χ0) is 14.8. The number of nitrogen functional groups attached to an aromatic ring is 1. The smallest absolute Gasteiger partial charge is 0.238 e. The van der Waals surface area contributed by atoms with Crippen LogP contribution in [0.5, 0.6) is 0 Å². The van der Waals surface area contributed by atoms with E-state index < -0.39 is 16.1 Å². The summed E-state index contributed by atoms with van der Waals surface area (Å²) in [5.74, 6) is 0.103. The monoisotopic (exact) mass is 287 g/mol. The maximum absolute atomic E-state index is 11.4. The number of rotatable bonds is 5. The number of aliphatic hydroxyl groups excluding tert-OH is 1. The first-order chi connectivity index (χ1) is 8.62. The molecular weight excluding hydrogens is 266 g/mol. The molecule has 0 aromatic heterocycles. The van der Waals surface area contributed by atoms with Crippen molar-refractivity contribution in [2.45, 2.75) is 31.8 Å². The molecule has 0 aliphatic rings. The molecule has 6 N–H and O–H groups in total. The zero-order valence-electron chi connectivity index (χ0n) is 11.3. The Morgan fingerprint density at radius 1 is 1.37 bits per heavy atom. The molecule has 0 bridgehead atoms. The third kappa shape index (κ3) is 4.09. The average Bonchev–Trinajstić information content (AvgIpc) is 2.27. The van der Waals surface area contributed by atoms with Gasteiger partial charge in [0.2, 0.25) is 10.0 Å². The molecule has 0 aliphatic heterocycles. The molecule has 0 radical (unpaired) electrons. The van der Waals surface area contributed by atoms with Crippen LogP contribution in [-0.4, -0.2) is 26.2 Å². The van der Waals surface area contributed by atoms with Crippen molar-refractivity contribution in [1.29, 1.82) is 0 Å². The van der Waals surface area contributed by atoms with Gasteiger partial charge in [0, 0.05) is 17.9 Å². The van der Waals surface area contributed by atoms with Crippen molar-refractivity contribution in [3.8, 4) is 0 Å². The highest BCUT2D eigenvalue weighted by Gasteiger charge is 2.16. The summed E-state index contributed by atoms with van der Waals surface area (Å²) in [6, 6.07) is 2.95. The van der Waals surface area contributed by atoms with Crippen LogP contribution in [0.3, 0.4) is 0 Å². The van der Waals surface area contributed by atoms with Gasteiger partial charge in [0.25, 0.3) is 0 Å². The summed E-state index contributed by atoms with van der Waals surface area (Å²) in [5.41, 5.74) is 7.02. The lowest BCUT2D eigenvalue weighted by atomic mass is 10.1. The zero-order valence-corrected chi connectivity index (χ0v) is 12.2. The minimum Gasteiger partial charge on any atom is -0.399 e. The Balaban J connectivity index is 3.06. The van der Waals surface area contributed by atoms with Gasteiger partial charge < -0.3 is 16.2 Å². The van der Waals surface area contributed by atoms with Crippen molar-refractivity contribution in [3.63, 3.8) is 0 Å². The predicted molar refractivity (Wildman–Crippen MR) is 76.3 cm³/mol. The van der Waals surface area contributed by atoms with Gasteiger partial charge in [-0.15, -0.1) is 0 Å². The van der Waals surface area contributed by atoms with Crippen molar-refractivity contribution in [2.24, 2.45) is 11.1 Å². The molecule has 0 saturated heterocycles. The van der Waals surface area contributed by atoms with Crippen LogP contribution in [0.2, 0.25) is 0 Å². The van der Waals surface area contributed by atoms with E-state index in [4.69, 9.17) is 10.9 Å². The topological polar surface area (TPSA) is 118 Å². The van der Waals surface area contributed by atoms with E-state index in [1.165, 1.54) is 6.07 Å². The fraction of sp³-hybridized carbons (Fsp3) is 0.500. The quantitative estimate of drug-likeness (QED) is 0.593. The van der Waals surface area contributed by atoms with Crippen LogP contribution in [0.1, 0.15) is 19.4 Å². The van der Waals surface area contributed by atoms with E-state index in [2.05, 4.69) is 5.32 Å². The van der Waals surface area contributed by atoms with E-state index in [0.29, 0.717) is 23.5 Å². The van der Waals surface area contributed by atoms with Gasteiger partial charge in [-0.3, -0.25) is 0 Å². The van der Waals surface area contributed by atoms with Crippen LogP contribution < -0.4 is 16.2 Å². The van der Waals surface area contributed by atoms with Gasteiger partial charge in [0.05, 0.1) is 11.0 Å². The molecular formula is C12H21N3O3S. The molecule has 0 heterocycles. The summed E-state index contributed by atoms with van der Waals surface area (Å²) in [5, 5.41) is 17.9. The number of hydrogen-bond acceptors (Lipinski definition) is 5. The minimum absolute atomic E-state index is 0.00552. The molecule has 0 spiro atoms. The Bertz CT molecular complexity index is 556. The second-order valence-corrected chi connectivity index (χ2v) is 6.46. The molecule has 7 heteroatoms. The molecule has 1 unspecified atom stereocenters. The van der Waals surface area contributed by atoms with Crippen molar-refractivity contribution < 1.29 is 13.5 Å². The number of primary sulfonamides is 1. The molecule has 1 atom stereocenters. The van der Waals surface area contributed by atoms with E-state index >= 15 is 0 Å². The van der Waals surface area contributed by atoms with Crippen molar-refractivity contribution in [3.05, 3.63) is 17.7 Å². The van der Waals surface area contributed by atoms with Gasteiger partial charge in [-0.05, 0) is 30.5 Å². The van der Waals surface area contributed by atoms with Crippen LogP contribution in [0.15, 0.2) is 17.0 Å². The number of anilines is 2. The molecule has 1 rings (SSSR count). The summed E-state index contributed by atoms with van der Waals surface area (Å²) < 4.78 is 22.9. The minimum atomic E-state index is -3.82. The number of aliphatic hydroxyl groups is 1. The maximum Gasteiger partial charge on any atom is 0.238 e. The molecule has 0 aliphatic carbocycles. The number of nitrogens with two attached hydrogens (primary N) is 2.